The van der Waals surface area contributed by atoms with Crippen molar-refractivity contribution in [2.24, 2.45) is 5.73 Å². The predicted octanol–water partition coefficient (Wildman–Crippen LogP) is 15.5. The molecule has 0 heterocycles. The van der Waals surface area contributed by atoms with E-state index in [0.29, 0.717) is 57.1 Å². The van der Waals surface area contributed by atoms with Crippen molar-refractivity contribution < 1.29 is 67.1 Å². The highest BCUT2D eigenvalue weighted by molar-refractivity contribution is 5.36. The van der Waals surface area contributed by atoms with Gasteiger partial charge in [0.1, 0.15) is 0 Å². The first-order valence-electron chi connectivity index (χ1n) is 22.6. The van der Waals surface area contributed by atoms with E-state index >= 15 is 0 Å². The van der Waals surface area contributed by atoms with Gasteiger partial charge in [-0.25, -0.2) is 0 Å². The molecule has 0 saturated heterocycles. The maximum absolute atomic E-state index is 13.3. The molecule has 2 fully saturated rings. The molecule has 2 atom stereocenters. The molecular weight excluding hydrogens is 945 g/mol. The van der Waals surface area contributed by atoms with E-state index in [-0.39, 0.29) is 66.2 Å². The van der Waals surface area contributed by atoms with Crippen LogP contribution < -0.4 is 5.73 Å². The third kappa shape index (κ3) is 13.6. The maximum Gasteiger partial charge on any atom is 0.416 e. The van der Waals surface area contributed by atoms with Crippen LogP contribution in [0.4, 0.5) is 52.7 Å². The van der Waals surface area contributed by atoms with Gasteiger partial charge in [-0.2, -0.15) is 52.7 Å². The van der Waals surface area contributed by atoms with Gasteiger partial charge in [0.25, 0.3) is 0 Å². The summed E-state index contributed by atoms with van der Waals surface area (Å²) in [6.45, 7) is 10.4. The second kappa shape index (κ2) is 21.7. The number of nitrogens with two attached hydrogens (primary N) is 1. The second-order valence-corrected chi connectivity index (χ2v) is 18.7. The van der Waals surface area contributed by atoms with Crippen molar-refractivity contribution in [2.45, 2.75) is 137 Å². The Balaban J connectivity index is 0.000000261. The van der Waals surface area contributed by atoms with Gasteiger partial charge in [-0.05, 0) is 117 Å². The van der Waals surface area contributed by atoms with Gasteiger partial charge < -0.3 is 15.2 Å². The van der Waals surface area contributed by atoms with Crippen LogP contribution in [0.3, 0.4) is 0 Å². The Bertz CT molecular complexity index is 2320. The van der Waals surface area contributed by atoms with Crippen LogP contribution >= 0.6 is 0 Å². The van der Waals surface area contributed by atoms with E-state index in [4.69, 9.17) is 15.2 Å². The molecule has 382 valence electrons. The molecule has 2 aliphatic carbocycles. The van der Waals surface area contributed by atoms with Crippen molar-refractivity contribution in [3.8, 4) is 0 Å². The van der Waals surface area contributed by atoms with E-state index in [1.54, 1.807) is 6.08 Å². The van der Waals surface area contributed by atoms with Gasteiger partial charge in [-0.3, -0.25) is 10.1 Å². The fourth-order valence-electron chi connectivity index (χ4n) is 9.45. The molecule has 0 spiro atoms. The number of nitro groups is 1. The molecular formula is C52H56F12N2O4. The zero-order valence-corrected chi connectivity index (χ0v) is 38.6. The molecule has 2 aliphatic rings. The van der Waals surface area contributed by atoms with Crippen LogP contribution in [-0.2, 0) is 45.0 Å². The van der Waals surface area contributed by atoms with Crippen molar-refractivity contribution in [3.05, 3.63) is 177 Å². The molecule has 0 aliphatic heterocycles. The number of ether oxygens (including phenoxy) is 2. The molecule has 70 heavy (non-hydrogen) atoms. The van der Waals surface area contributed by atoms with Crippen LogP contribution in [0.25, 0.3) is 0 Å². The van der Waals surface area contributed by atoms with E-state index < -0.39 is 75.5 Å². The summed E-state index contributed by atoms with van der Waals surface area (Å²) in [5.74, 6) is 0. The van der Waals surface area contributed by atoms with Gasteiger partial charge in [0.2, 0.25) is 5.54 Å². The van der Waals surface area contributed by atoms with E-state index in [9.17, 15) is 62.8 Å². The van der Waals surface area contributed by atoms with Crippen molar-refractivity contribution in [2.75, 3.05) is 13.2 Å². The Morgan fingerprint density at radius 2 is 0.871 bits per heavy atom. The van der Waals surface area contributed by atoms with Crippen LogP contribution in [0.5, 0.6) is 0 Å². The summed E-state index contributed by atoms with van der Waals surface area (Å²) in [5, 5.41) is 11.8. The lowest BCUT2D eigenvalue weighted by molar-refractivity contribution is -0.575. The molecule has 0 amide bonds. The molecule has 0 radical (unpaired) electrons. The van der Waals surface area contributed by atoms with Gasteiger partial charge in [-0.1, -0.05) is 72.8 Å². The van der Waals surface area contributed by atoms with Gasteiger partial charge in [0, 0.05) is 40.6 Å². The van der Waals surface area contributed by atoms with E-state index in [1.807, 2.05) is 60.7 Å². The second-order valence-electron chi connectivity index (χ2n) is 18.7. The first-order valence-corrected chi connectivity index (χ1v) is 22.6. The number of hydrogen-bond acceptors (Lipinski definition) is 5. The Morgan fingerprint density at radius 1 is 0.557 bits per heavy atom. The van der Waals surface area contributed by atoms with Gasteiger partial charge >= 0.3 is 24.7 Å². The number of halogens is 12. The van der Waals surface area contributed by atoms with Gasteiger partial charge in [-0.15, -0.1) is 13.2 Å². The summed E-state index contributed by atoms with van der Waals surface area (Å²) >= 11 is 0. The first-order chi connectivity index (χ1) is 32.5. The average Bonchev–Trinajstić information content (AvgIpc) is 3.30. The predicted molar refractivity (Wildman–Crippen MR) is 241 cm³/mol. The normalized spacial score (nSPS) is 24.2. The minimum atomic E-state index is -4.96. The van der Waals surface area contributed by atoms with Crippen molar-refractivity contribution in [1.82, 2.24) is 0 Å². The molecule has 6 nitrogen and oxygen atoms in total. The topological polar surface area (TPSA) is 87.6 Å². The van der Waals surface area contributed by atoms with Gasteiger partial charge in [0.15, 0.2) is 0 Å². The molecule has 0 aromatic heterocycles. The van der Waals surface area contributed by atoms with Crippen LogP contribution in [0, 0.1) is 10.1 Å². The smallest absolute Gasteiger partial charge is 0.373 e. The lowest BCUT2D eigenvalue weighted by atomic mass is 9.64. The summed E-state index contributed by atoms with van der Waals surface area (Å²) < 4.78 is 171. The largest absolute Gasteiger partial charge is 0.416 e. The molecule has 2 saturated carbocycles. The molecule has 2 N–H and O–H groups in total. The third-order valence-electron chi connectivity index (χ3n) is 14.0. The first kappa shape index (κ1) is 55.7. The van der Waals surface area contributed by atoms with Crippen molar-refractivity contribution >= 4 is 0 Å². The quantitative estimate of drug-likeness (QED) is 0.0555. The number of benzene rings is 4. The van der Waals surface area contributed by atoms with E-state index in [2.05, 4.69) is 13.2 Å². The fourth-order valence-corrected chi connectivity index (χ4v) is 9.45. The van der Waals surface area contributed by atoms with Crippen LogP contribution in [0.2, 0.25) is 0 Å². The summed E-state index contributed by atoms with van der Waals surface area (Å²) in [6, 6.07) is 21.7. The highest BCUT2D eigenvalue weighted by atomic mass is 19.4. The van der Waals surface area contributed by atoms with E-state index in [1.165, 1.54) is 19.9 Å². The number of rotatable bonds is 15. The Morgan fingerprint density at radius 3 is 1.16 bits per heavy atom. The van der Waals surface area contributed by atoms with E-state index in [0.717, 1.165) is 23.3 Å². The Hall–Kier alpha value is -5.20. The Labute approximate surface area is 399 Å². The summed E-state index contributed by atoms with van der Waals surface area (Å²) in [7, 11) is 0. The van der Waals surface area contributed by atoms with Crippen LogP contribution in [0.1, 0.15) is 135 Å². The zero-order chi connectivity index (χ0) is 52.0. The minimum Gasteiger partial charge on any atom is -0.373 e. The molecule has 4 aromatic carbocycles. The lowest BCUT2D eigenvalue weighted by Gasteiger charge is -2.45. The molecule has 0 unspecified atom stereocenters. The lowest BCUT2D eigenvalue weighted by Crippen LogP contribution is -2.48. The molecule has 4 aromatic rings. The summed E-state index contributed by atoms with van der Waals surface area (Å²) in [4.78, 5) is 11.6. The number of alkyl halides is 12. The Kier molecular flexibility index (Phi) is 17.2. The highest BCUT2D eigenvalue weighted by Crippen LogP contribution is 2.48. The van der Waals surface area contributed by atoms with Crippen LogP contribution in [0.15, 0.2) is 122 Å². The van der Waals surface area contributed by atoms with Gasteiger partial charge in [0.05, 0.1) is 47.7 Å². The SMILES string of the molecule is C=CCC1(N)CCC(CO[C@H](C)c2cc(C(F)(F)F)cc(C(F)(F)F)c2)(c2ccccc2)CC1.C=CCC1([N+](=O)[O-])CCC(CO[C@H](C)c2cc(C(F)(F)F)cc(C(F)(F)F)c2)(c2ccccc2)CC1. The standard InChI is InChI=1S/C26H27F6NO3.C26H29F6NO/c1-3-9-24(33(34)35)12-10-23(11-13-24,20-7-5-4-6-8-20)17-36-18(2)19-14-21(25(27,28)29)16-22(15-19)26(30,31)32;1-3-9-24(33)12-10-23(11-13-24,20-7-5-4-6-8-20)17-34-18(2)19-14-21(25(27,28)29)16-22(15-19)26(30,31)32/h3-8,14-16,18H,1,9-13,17H2,2H3;3-8,14-16,18H,1,9-13,17,33H2,2H3/t2*18-,23?,24?/m11/s1. The van der Waals surface area contributed by atoms with Crippen molar-refractivity contribution in [1.29, 1.82) is 0 Å². The highest BCUT2D eigenvalue weighted by Gasteiger charge is 2.51. The monoisotopic (exact) mass is 1000 g/mol. The molecule has 0 bridgehead atoms. The average molecular weight is 1000 g/mol. The maximum atomic E-state index is 13.3. The number of nitrogens with zero attached hydrogens (tertiary/aromatic N) is 1. The number of hydrogen-bond donors (Lipinski definition) is 1. The third-order valence-corrected chi connectivity index (χ3v) is 14.0. The van der Waals surface area contributed by atoms with Crippen LogP contribution in [-0.4, -0.2) is 29.2 Å². The summed E-state index contributed by atoms with van der Waals surface area (Å²) in [6.07, 6.45) is -13.6. The molecule has 6 rings (SSSR count). The zero-order valence-electron chi connectivity index (χ0n) is 38.6. The fraction of sp³-hybridized carbons (Fsp3) is 0.462. The molecule has 18 heteroatoms. The van der Waals surface area contributed by atoms with Crippen molar-refractivity contribution in [3.63, 3.8) is 0 Å². The summed E-state index contributed by atoms with van der Waals surface area (Å²) in [5.41, 5.74) is -0.190. The minimum absolute atomic E-state index is 0.0162.